The maximum absolute atomic E-state index is 13.0. The summed E-state index contributed by atoms with van der Waals surface area (Å²) in [5.74, 6) is -9.52. The van der Waals surface area contributed by atoms with Crippen LogP contribution in [0.3, 0.4) is 0 Å². The van der Waals surface area contributed by atoms with E-state index in [-0.39, 0.29) is 108 Å². The van der Waals surface area contributed by atoms with Gasteiger partial charge in [0.05, 0.1) is 50.4 Å². The molecule has 6 rings (SSSR count). The van der Waals surface area contributed by atoms with Crippen molar-refractivity contribution in [2.45, 2.75) is 48.5 Å². The predicted octanol–water partition coefficient (Wildman–Crippen LogP) is -8.39. The number of nitrogens with zero attached hydrogens (tertiary/aromatic N) is 2. The molecule has 0 aliphatic carbocycles. The monoisotopic (exact) mass is 952 g/mol. The summed E-state index contributed by atoms with van der Waals surface area (Å²) in [5.41, 5.74) is -4.75. The van der Waals surface area contributed by atoms with Crippen LogP contribution in [0.15, 0.2) is 57.6 Å². The Morgan fingerprint density at radius 3 is 1.31 bits per heavy atom. The van der Waals surface area contributed by atoms with Crippen molar-refractivity contribution < 1.29 is 136 Å². The largest absolute Gasteiger partial charge is 1.00 e. The number of thioether (sulfide) groups is 2. The molecule has 4 aliphatic rings. The molecule has 0 unspecified atom stereocenters. The van der Waals surface area contributed by atoms with Crippen molar-refractivity contribution in [2.24, 2.45) is 0 Å². The zero-order chi connectivity index (χ0) is 44.1. The summed E-state index contributed by atoms with van der Waals surface area (Å²) in [7, 11) is 2.14. The minimum Gasteiger partial charge on any atom is -0.543 e. The molecular weight excluding hydrogens is 919 g/mol. The number of carbonyl (C=O) groups is 10. The van der Waals surface area contributed by atoms with Crippen molar-refractivity contribution >= 4 is 106 Å². The summed E-state index contributed by atoms with van der Waals surface area (Å²) in [6, 6.07) is 6.99. The molecule has 2 fully saturated rings. The van der Waals surface area contributed by atoms with E-state index in [9.17, 15) is 58.2 Å². The van der Waals surface area contributed by atoms with Gasteiger partial charge < -0.3 is 49.4 Å². The molecule has 2 saturated heterocycles. The van der Waals surface area contributed by atoms with Crippen molar-refractivity contribution in [2.75, 3.05) is 38.9 Å². The number of aliphatic carboxylic acids is 2. The van der Waals surface area contributed by atoms with E-state index in [2.05, 4.69) is 10.6 Å². The van der Waals surface area contributed by atoms with Gasteiger partial charge in [-0.15, -0.1) is 46.2 Å². The first-order valence-electron chi connectivity index (χ1n) is 17.3. The van der Waals surface area contributed by atoms with Crippen LogP contribution in [-0.4, -0.2) is 130 Å². The number of esters is 4. The molecule has 2 aromatic heterocycles. The van der Waals surface area contributed by atoms with Crippen LogP contribution in [0.5, 0.6) is 0 Å². The molecule has 2 N–H and O–H groups in total. The Balaban J connectivity index is 0.000000320. The number of carbonyl (C=O) groups excluding carboxylic acids is 10. The number of methoxy groups -OCH3 is 2. The second-order valence-corrected chi connectivity index (χ2v) is 17.1. The van der Waals surface area contributed by atoms with E-state index in [4.69, 9.17) is 18.9 Å². The Morgan fingerprint density at radius 2 is 1.03 bits per heavy atom. The summed E-state index contributed by atoms with van der Waals surface area (Å²) < 4.78 is 19.2. The van der Waals surface area contributed by atoms with Crippen LogP contribution in [0.2, 0.25) is 0 Å². The molecular formula is C36H34N4Na2O16S4. The number of carboxylic acid groups (broad SMARTS) is 2. The van der Waals surface area contributed by atoms with Crippen molar-refractivity contribution in [3.63, 3.8) is 0 Å². The van der Waals surface area contributed by atoms with Gasteiger partial charge in [0, 0.05) is 46.3 Å². The van der Waals surface area contributed by atoms with Crippen molar-refractivity contribution in [1.29, 1.82) is 0 Å². The Labute approximate surface area is 413 Å². The number of carboxylic acids is 2. The quantitative estimate of drug-likeness (QED) is 0.0585. The van der Waals surface area contributed by atoms with E-state index in [1.165, 1.54) is 22.7 Å². The normalized spacial score (nSPS) is 21.9. The van der Waals surface area contributed by atoms with Crippen molar-refractivity contribution in [3.8, 4) is 0 Å². The minimum absolute atomic E-state index is 0. The number of amides is 4. The van der Waals surface area contributed by atoms with E-state index in [1.807, 2.05) is 0 Å². The molecule has 0 aromatic carbocycles. The van der Waals surface area contributed by atoms with Crippen LogP contribution in [0, 0.1) is 0 Å². The van der Waals surface area contributed by atoms with Gasteiger partial charge in [-0.1, -0.05) is 12.1 Å². The maximum Gasteiger partial charge on any atom is 1.00 e. The number of rotatable bonds is 14. The molecule has 62 heavy (non-hydrogen) atoms. The zero-order valence-electron chi connectivity index (χ0n) is 33.9. The van der Waals surface area contributed by atoms with E-state index >= 15 is 0 Å². The average Bonchev–Trinajstić information content (AvgIpc) is 3.93. The molecule has 0 saturated carbocycles. The second kappa shape index (κ2) is 22.3. The van der Waals surface area contributed by atoms with Crippen LogP contribution in [-0.2, 0) is 79.7 Å². The Bertz CT molecular complexity index is 2050. The first-order valence-corrected chi connectivity index (χ1v) is 21.2. The van der Waals surface area contributed by atoms with E-state index in [1.54, 1.807) is 35.0 Å². The SMILES string of the molecule is COC(=O)[C@@]1(NC(=O)Cc2cccs2)C(=O)N2C(C(=O)[O-])=C(COC(C)=O)CS[C@@H]21.COC(=O)[C@@]1(NC(=O)Cc2cccs2)C(=O)N2C(C(=O)[O-])=C(COC(C)=O)CS[C@@H]21.[Na+].[Na+]. The summed E-state index contributed by atoms with van der Waals surface area (Å²) in [4.78, 5) is 125. The molecule has 4 amide bonds. The molecule has 4 atom stereocenters. The van der Waals surface area contributed by atoms with Crippen molar-refractivity contribution in [3.05, 3.63) is 67.3 Å². The third-order valence-corrected chi connectivity index (χ3v) is 13.7. The summed E-state index contributed by atoms with van der Waals surface area (Å²) >= 11 is 4.78. The molecule has 20 nitrogen and oxygen atoms in total. The maximum atomic E-state index is 13.0. The number of hydrogen-bond donors (Lipinski definition) is 2. The molecule has 0 radical (unpaired) electrons. The number of β-lactam (4-membered cyclic amide) rings is 2. The van der Waals surface area contributed by atoms with Gasteiger partial charge in [0.1, 0.15) is 24.0 Å². The molecule has 2 aromatic rings. The Kier molecular flexibility index (Phi) is 18.9. The smallest absolute Gasteiger partial charge is 0.543 e. The van der Waals surface area contributed by atoms with Gasteiger partial charge in [0.2, 0.25) is 22.9 Å². The first kappa shape index (κ1) is 52.6. The first-order chi connectivity index (χ1) is 28.4. The summed E-state index contributed by atoms with van der Waals surface area (Å²) in [6.07, 6.45) is -0.107. The predicted molar refractivity (Wildman–Crippen MR) is 205 cm³/mol. The molecule has 4 aliphatic heterocycles. The number of ether oxygens (including phenoxy) is 4. The molecule has 0 spiro atoms. The third-order valence-electron chi connectivity index (χ3n) is 9.11. The van der Waals surface area contributed by atoms with E-state index < -0.39 is 92.7 Å². The molecule has 26 heteroatoms. The number of thiophene rings is 2. The standard InChI is InChI=1S/2C18H18N2O8S2.2Na/c2*1-9(21)28-7-10-8-30-16-18(17(26)27-2,15(25)20(16)13(10)14(23)24)19-12(22)6-11-4-3-5-29-11;;/h2*3-5,16H,6-8H2,1-2H3,(H,19,22)(H,23,24);;/q;;2*+1/p-2/t2*16-,18-;;/m11../s1. The van der Waals surface area contributed by atoms with Gasteiger partial charge in [-0.2, -0.15) is 0 Å². The number of hydrogen-bond acceptors (Lipinski definition) is 20. The number of fused-ring (bicyclic) bond motifs is 2. The van der Waals surface area contributed by atoms with Crippen LogP contribution in [0.25, 0.3) is 0 Å². The van der Waals surface area contributed by atoms with Gasteiger partial charge in [0.15, 0.2) is 0 Å². The van der Waals surface area contributed by atoms with E-state index in [0.717, 1.165) is 71.1 Å². The van der Waals surface area contributed by atoms with Crippen LogP contribution >= 0.6 is 46.2 Å². The van der Waals surface area contributed by atoms with Gasteiger partial charge in [-0.05, 0) is 22.9 Å². The summed E-state index contributed by atoms with van der Waals surface area (Å²) in [5, 5.41) is 29.8. The zero-order valence-corrected chi connectivity index (χ0v) is 41.2. The van der Waals surface area contributed by atoms with Crippen LogP contribution in [0.4, 0.5) is 0 Å². The molecule has 0 bridgehead atoms. The van der Waals surface area contributed by atoms with E-state index in [0.29, 0.717) is 0 Å². The number of nitrogens with one attached hydrogen (secondary N) is 2. The average molecular weight is 953 g/mol. The Morgan fingerprint density at radius 1 is 0.677 bits per heavy atom. The third kappa shape index (κ3) is 10.5. The summed E-state index contributed by atoms with van der Waals surface area (Å²) in [6.45, 7) is 1.66. The van der Waals surface area contributed by atoms with Crippen LogP contribution < -0.4 is 80.0 Å². The van der Waals surface area contributed by atoms with Gasteiger partial charge in [0.25, 0.3) is 11.8 Å². The fourth-order valence-corrected chi connectivity index (χ4v) is 10.8. The minimum atomic E-state index is -2.05. The topological polar surface area (TPSA) is 284 Å². The van der Waals surface area contributed by atoms with Crippen molar-refractivity contribution in [1.82, 2.24) is 20.4 Å². The van der Waals surface area contributed by atoms with Gasteiger partial charge in [-0.3, -0.25) is 38.6 Å². The molecule has 320 valence electrons. The van der Waals surface area contributed by atoms with Gasteiger partial charge in [-0.25, -0.2) is 9.59 Å². The molecule has 6 heterocycles. The van der Waals surface area contributed by atoms with Crippen LogP contribution in [0.1, 0.15) is 23.6 Å². The Hall–Kier alpha value is -3.72. The second-order valence-electron chi connectivity index (χ2n) is 12.9. The van der Waals surface area contributed by atoms with Gasteiger partial charge >= 0.3 is 83.0 Å². The fourth-order valence-electron chi connectivity index (χ4n) is 6.52. The fraction of sp³-hybridized carbons (Fsp3) is 0.389.